The zero-order chi connectivity index (χ0) is 13.2. The van der Waals surface area contributed by atoms with Gasteiger partial charge >= 0.3 is 0 Å². The molecule has 5 heteroatoms. The van der Waals surface area contributed by atoms with Gasteiger partial charge in [0.25, 0.3) is 5.91 Å². The number of hydrogen-bond donors (Lipinski definition) is 2. The van der Waals surface area contributed by atoms with Crippen molar-refractivity contribution in [2.45, 2.75) is 32.3 Å². The van der Waals surface area contributed by atoms with E-state index < -0.39 is 0 Å². The molecule has 1 atom stereocenters. The lowest BCUT2D eigenvalue weighted by atomic mass is 10.0. The number of ether oxygens (including phenoxy) is 1. The van der Waals surface area contributed by atoms with Crippen molar-refractivity contribution in [1.82, 2.24) is 5.32 Å². The lowest BCUT2D eigenvalue weighted by molar-refractivity contribution is 0.0206. The van der Waals surface area contributed by atoms with Crippen molar-refractivity contribution < 1.29 is 9.53 Å². The maximum absolute atomic E-state index is 12.1. The molecule has 1 aliphatic heterocycles. The van der Waals surface area contributed by atoms with Crippen molar-refractivity contribution in [3.63, 3.8) is 0 Å². The molecule has 0 aromatic heterocycles. The normalized spacial score (nSPS) is 21.8. The summed E-state index contributed by atoms with van der Waals surface area (Å²) in [5.74, 6) is -0.0866. The fourth-order valence-electron chi connectivity index (χ4n) is 2.22. The van der Waals surface area contributed by atoms with Crippen molar-refractivity contribution in [1.29, 1.82) is 0 Å². The van der Waals surface area contributed by atoms with Gasteiger partial charge in [-0.2, -0.15) is 0 Å². The minimum Gasteiger partial charge on any atom is -0.399 e. The number of benzene rings is 1. The molecule has 1 aromatic carbocycles. The van der Waals surface area contributed by atoms with Crippen LogP contribution in [0.5, 0.6) is 0 Å². The zero-order valence-electron chi connectivity index (χ0n) is 11.4. The summed E-state index contributed by atoms with van der Waals surface area (Å²) in [7, 11) is 0. The van der Waals surface area contributed by atoms with Crippen LogP contribution in [-0.4, -0.2) is 24.7 Å². The Hall–Kier alpha value is -1.26. The summed E-state index contributed by atoms with van der Waals surface area (Å²) in [6.07, 6.45) is 2.05. The maximum atomic E-state index is 12.1. The second-order valence-electron chi connectivity index (χ2n) is 5.16. The molecule has 1 fully saturated rings. The van der Waals surface area contributed by atoms with Crippen molar-refractivity contribution in [2.75, 3.05) is 18.9 Å². The van der Waals surface area contributed by atoms with Crippen molar-refractivity contribution in [3.05, 3.63) is 29.3 Å². The third-order valence-corrected chi connectivity index (χ3v) is 3.43. The lowest BCUT2D eigenvalue weighted by Crippen LogP contribution is -2.40. The van der Waals surface area contributed by atoms with Crippen LogP contribution in [-0.2, 0) is 4.74 Å². The number of carbonyl (C=O) groups is 1. The van der Waals surface area contributed by atoms with E-state index in [9.17, 15) is 4.79 Å². The first kappa shape index (κ1) is 15.8. The first-order chi connectivity index (χ1) is 8.50. The quantitative estimate of drug-likeness (QED) is 0.837. The number of nitrogens with two attached hydrogens (primary N) is 1. The van der Waals surface area contributed by atoms with Crippen LogP contribution in [0.1, 0.15) is 35.7 Å². The number of rotatable bonds is 3. The van der Waals surface area contributed by atoms with Gasteiger partial charge in [0.15, 0.2) is 0 Å². The molecule has 1 aromatic rings. The second-order valence-corrected chi connectivity index (χ2v) is 5.16. The number of amides is 1. The van der Waals surface area contributed by atoms with Crippen molar-refractivity contribution in [2.24, 2.45) is 0 Å². The SMILES string of the molecule is Cc1ccc(N)cc1C(=O)NCC1(C)CCCO1.Cl. The molecule has 2 rings (SSSR count). The molecular weight excluding hydrogens is 264 g/mol. The molecule has 0 radical (unpaired) electrons. The third kappa shape index (κ3) is 3.85. The molecule has 1 aliphatic rings. The van der Waals surface area contributed by atoms with Gasteiger partial charge in [0.1, 0.15) is 0 Å². The Morgan fingerprint density at radius 3 is 2.89 bits per heavy atom. The molecule has 1 unspecified atom stereocenters. The zero-order valence-corrected chi connectivity index (χ0v) is 12.2. The van der Waals surface area contributed by atoms with E-state index >= 15 is 0 Å². The summed E-state index contributed by atoms with van der Waals surface area (Å²) in [5.41, 5.74) is 7.66. The van der Waals surface area contributed by atoms with Gasteiger partial charge in [0, 0.05) is 24.4 Å². The smallest absolute Gasteiger partial charge is 0.251 e. The highest BCUT2D eigenvalue weighted by atomic mass is 35.5. The van der Waals surface area contributed by atoms with Gasteiger partial charge in [-0.05, 0) is 44.4 Å². The van der Waals surface area contributed by atoms with E-state index in [-0.39, 0.29) is 23.9 Å². The first-order valence-electron chi connectivity index (χ1n) is 6.28. The van der Waals surface area contributed by atoms with Crippen LogP contribution in [0.25, 0.3) is 0 Å². The largest absolute Gasteiger partial charge is 0.399 e. The van der Waals surface area contributed by atoms with Crippen molar-refractivity contribution in [3.8, 4) is 0 Å². The topological polar surface area (TPSA) is 64.4 Å². The number of aryl methyl sites for hydroxylation is 1. The van der Waals surface area contributed by atoms with Gasteiger partial charge in [0.2, 0.25) is 0 Å². The van der Waals surface area contributed by atoms with Crippen LogP contribution in [0, 0.1) is 6.92 Å². The predicted octanol–water partition coefficient (Wildman–Crippen LogP) is 2.30. The summed E-state index contributed by atoms with van der Waals surface area (Å²) in [6.45, 7) is 5.26. The Bertz CT molecular complexity index is 457. The Kier molecular flexibility index (Phi) is 5.20. The number of nitrogens with one attached hydrogen (secondary N) is 1. The monoisotopic (exact) mass is 284 g/mol. The van der Waals surface area contributed by atoms with E-state index in [0.29, 0.717) is 17.8 Å². The Balaban J connectivity index is 0.00000180. The highest BCUT2D eigenvalue weighted by Crippen LogP contribution is 2.24. The van der Waals surface area contributed by atoms with Gasteiger partial charge < -0.3 is 15.8 Å². The Morgan fingerprint density at radius 1 is 1.53 bits per heavy atom. The van der Waals surface area contributed by atoms with Crippen LogP contribution in [0.3, 0.4) is 0 Å². The number of nitrogen functional groups attached to an aromatic ring is 1. The minimum absolute atomic E-state index is 0. The van der Waals surface area contributed by atoms with Crippen LogP contribution in [0.4, 0.5) is 5.69 Å². The fourth-order valence-corrected chi connectivity index (χ4v) is 2.22. The average molecular weight is 285 g/mol. The van der Waals surface area contributed by atoms with E-state index in [0.717, 1.165) is 25.0 Å². The standard InChI is InChI=1S/C14H20N2O2.ClH/c1-10-4-5-11(15)8-12(10)13(17)16-9-14(2)6-3-7-18-14;/h4-5,8H,3,6-7,9,15H2,1-2H3,(H,16,17);1H. The molecule has 3 N–H and O–H groups in total. The molecule has 1 saturated heterocycles. The number of carbonyl (C=O) groups excluding carboxylic acids is 1. The first-order valence-corrected chi connectivity index (χ1v) is 6.28. The van der Waals surface area contributed by atoms with Gasteiger partial charge in [-0.3, -0.25) is 4.79 Å². The maximum Gasteiger partial charge on any atom is 0.251 e. The Labute approximate surface area is 120 Å². The number of halogens is 1. The van der Waals surface area contributed by atoms with Crippen LogP contribution in [0.15, 0.2) is 18.2 Å². The molecule has 106 valence electrons. The molecule has 19 heavy (non-hydrogen) atoms. The molecular formula is C14H21ClN2O2. The highest BCUT2D eigenvalue weighted by molar-refractivity contribution is 5.96. The van der Waals surface area contributed by atoms with E-state index in [2.05, 4.69) is 5.32 Å². The van der Waals surface area contributed by atoms with Gasteiger partial charge in [-0.1, -0.05) is 6.07 Å². The van der Waals surface area contributed by atoms with E-state index in [1.807, 2.05) is 19.9 Å². The van der Waals surface area contributed by atoms with E-state index in [4.69, 9.17) is 10.5 Å². The molecule has 1 heterocycles. The fraction of sp³-hybridized carbons (Fsp3) is 0.500. The number of anilines is 1. The number of hydrogen-bond acceptors (Lipinski definition) is 3. The lowest BCUT2D eigenvalue weighted by Gasteiger charge is -2.23. The Morgan fingerprint density at radius 2 is 2.26 bits per heavy atom. The molecule has 0 spiro atoms. The van der Waals surface area contributed by atoms with E-state index in [1.165, 1.54) is 0 Å². The van der Waals surface area contributed by atoms with Crippen LogP contribution in [0.2, 0.25) is 0 Å². The molecule has 1 amide bonds. The molecule has 0 saturated carbocycles. The van der Waals surface area contributed by atoms with Crippen molar-refractivity contribution >= 4 is 24.0 Å². The van der Waals surface area contributed by atoms with E-state index in [1.54, 1.807) is 12.1 Å². The summed E-state index contributed by atoms with van der Waals surface area (Å²) >= 11 is 0. The summed E-state index contributed by atoms with van der Waals surface area (Å²) in [4.78, 5) is 12.1. The third-order valence-electron chi connectivity index (χ3n) is 3.43. The second kappa shape index (κ2) is 6.26. The average Bonchev–Trinajstić information content (AvgIpc) is 2.77. The highest BCUT2D eigenvalue weighted by Gasteiger charge is 2.30. The van der Waals surface area contributed by atoms with Gasteiger partial charge in [-0.25, -0.2) is 0 Å². The molecule has 0 aliphatic carbocycles. The van der Waals surface area contributed by atoms with Crippen LogP contribution >= 0.6 is 12.4 Å². The summed E-state index contributed by atoms with van der Waals surface area (Å²) in [5, 5.41) is 2.93. The molecule has 0 bridgehead atoms. The molecule has 4 nitrogen and oxygen atoms in total. The predicted molar refractivity (Wildman–Crippen MR) is 78.8 cm³/mol. The van der Waals surface area contributed by atoms with Gasteiger partial charge in [-0.15, -0.1) is 12.4 Å². The summed E-state index contributed by atoms with van der Waals surface area (Å²) < 4.78 is 5.64. The van der Waals surface area contributed by atoms with Crippen LogP contribution < -0.4 is 11.1 Å². The van der Waals surface area contributed by atoms with Gasteiger partial charge in [0.05, 0.1) is 5.60 Å². The minimum atomic E-state index is -0.218. The summed E-state index contributed by atoms with van der Waals surface area (Å²) in [6, 6.07) is 5.37.